The van der Waals surface area contributed by atoms with Crippen molar-refractivity contribution in [2.24, 2.45) is 0 Å². The lowest BCUT2D eigenvalue weighted by atomic mass is 10.0. The topological polar surface area (TPSA) is 43.4 Å². The third-order valence-electron chi connectivity index (χ3n) is 2.31. The largest absolute Gasteiger partial charge is 0.466 e. The molecule has 0 radical (unpaired) electrons. The predicted molar refractivity (Wildman–Crippen MR) is 64.2 cm³/mol. The predicted octanol–water partition coefficient (Wildman–Crippen LogP) is 3.04. The van der Waals surface area contributed by atoms with Crippen LogP contribution in [0.5, 0.6) is 0 Å². The highest BCUT2D eigenvalue weighted by atomic mass is 16.5. The Morgan fingerprint density at radius 1 is 1.00 bits per heavy atom. The van der Waals surface area contributed by atoms with Crippen molar-refractivity contribution in [2.75, 3.05) is 6.61 Å². The monoisotopic (exact) mass is 226 g/mol. The third-order valence-corrected chi connectivity index (χ3v) is 2.31. The number of allylic oxidation sites excluding steroid dienone is 1. The molecule has 16 heavy (non-hydrogen) atoms. The first-order valence-electron chi connectivity index (χ1n) is 5.82. The Bertz CT molecular complexity index is 244. The zero-order valence-electron chi connectivity index (χ0n) is 10.4. The van der Waals surface area contributed by atoms with Crippen LogP contribution >= 0.6 is 0 Å². The molecule has 0 aliphatic carbocycles. The van der Waals surface area contributed by atoms with Gasteiger partial charge in [0.2, 0.25) is 0 Å². The van der Waals surface area contributed by atoms with Gasteiger partial charge in [-0.3, -0.25) is 4.79 Å². The van der Waals surface area contributed by atoms with Gasteiger partial charge in [0.25, 0.3) is 0 Å². The molecule has 0 aliphatic heterocycles. The molecule has 3 heteroatoms. The minimum absolute atomic E-state index is 0.217. The van der Waals surface area contributed by atoms with E-state index in [1.54, 1.807) is 6.92 Å². The maximum atomic E-state index is 10.7. The van der Waals surface area contributed by atoms with Crippen LogP contribution in [-0.2, 0) is 14.3 Å². The van der Waals surface area contributed by atoms with E-state index in [0.29, 0.717) is 13.0 Å². The van der Waals surface area contributed by atoms with Gasteiger partial charge in [-0.1, -0.05) is 12.2 Å². The molecule has 0 N–H and O–H groups in total. The fraction of sp³-hybridized carbons (Fsp3) is 0.692. The fourth-order valence-electron chi connectivity index (χ4n) is 1.35. The number of ketones is 1. The SMILES string of the molecule is C=C(CCCCCOC(C)=O)CCC(C)=O. The average Bonchev–Trinajstić information content (AvgIpc) is 2.19. The Balaban J connectivity index is 3.27. The molecular weight excluding hydrogens is 204 g/mol. The minimum atomic E-state index is -0.217. The van der Waals surface area contributed by atoms with Crippen LogP contribution in [0.4, 0.5) is 0 Å². The number of esters is 1. The highest BCUT2D eigenvalue weighted by molar-refractivity contribution is 5.75. The number of Topliss-reactive ketones (excluding diaryl/α,β-unsaturated/α-hetero) is 1. The van der Waals surface area contributed by atoms with Crippen molar-refractivity contribution in [3.8, 4) is 0 Å². The van der Waals surface area contributed by atoms with E-state index in [1.165, 1.54) is 6.92 Å². The third kappa shape index (κ3) is 11.0. The lowest BCUT2D eigenvalue weighted by Gasteiger charge is -2.04. The van der Waals surface area contributed by atoms with Gasteiger partial charge in [0.05, 0.1) is 6.61 Å². The molecule has 0 amide bonds. The van der Waals surface area contributed by atoms with Crippen LogP contribution in [0.25, 0.3) is 0 Å². The quantitative estimate of drug-likeness (QED) is 0.345. The number of unbranched alkanes of at least 4 members (excludes halogenated alkanes) is 2. The van der Waals surface area contributed by atoms with Crippen molar-refractivity contribution in [3.63, 3.8) is 0 Å². The number of rotatable bonds is 9. The Kier molecular flexibility index (Phi) is 8.49. The summed E-state index contributed by atoms with van der Waals surface area (Å²) in [5, 5.41) is 0. The summed E-state index contributed by atoms with van der Waals surface area (Å²) in [7, 11) is 0. The van der Waals surface area contributed by atoms with E-state index >= 15 is 0 Å². The van der Waals surface area contributed by atoms with Gasteiger partial charge >= 0.3 is 5.97 Å². The summed E-state index contributed by atoms with van der Waals surface area (Å²) in [4.78, 5) is 21.2. The maximum Gasteiger partial charge on any atom is 0.302 e. The molecule has 0 aromatic rings. The van der Waals surface area contributed by atoms with Crippen LogP contribution in [0.2, 0.25) is 0 Å². The second-order valence-corrected chi connectivity index (χ2v) is 4.10. The normalized spacial score (nSPS) is 9.88. The molecule has 0 aromatic carbocycles. The van der Waals surface area contributed by atoms with Gasteiger partial charge in [-0.25, -0.2) is 0 Å². The van der Waals surface area contributed by atoms with E-state index in [1.807, 2.05) is 0 Å². The van der Waals surface area contributed by atoms with Crippen LogP contribution < -0.4 is 0 Å². The average molecular weight is 226 g/mol. The van der Waals surface area contributed by atoms with Crippen LogP contribution in [0.3, 0.4) is 0 Å². The van der Waals surface area contributed by atoms with Crippen molar-refractivity contribution in [1.29, 1.82) is 0 Å². The first-order valence-corrected chi connectivity index (χ1v) is 5.82. The van der Waals surface area contributed by atoms with E-state index in [9.17, 15) is 9.59 Å². The van der Waals surface area contributed by atoms with E-state index in [4.69, 9.17) is 4.74 Å². The molecule has 0 unspecified atom stereocenters. The van der Waals surface area contributed by atoms with E-state index in [2.05, 4.69) is 6.58 Å². The van der Waals surface area contributed by atoms with Gasteiger partial charge in [-0.2, -0.15) is 0 Å². The van der Waals surface area contributed by atoms with Crippen molar-refractivity contribution < 1.29 is 14.3 Å². The first-order chi connectivity index (χ1) is 7.52. The second kappa shape index (κ2) is 9.13. The number of carbonyl (C=O) groups excluding carboxylic acids is 2. The van der Waals surface area contributed by atoms with Crippen molar-refractivity contribution in [2.45, 2.75) is 52.4 Å². The van der Waals surface area contributed by atoms with Crippen molar-refractivity contribution >= 4 is 11.8 Å². The van der Waals surface area contributed by atoms with Gasteiger partial charge in [0.15, 0.2) is 0 Å². The summed E-state index contributed by atoms with van der Waals surface area (Å²) in [5.74, 6) is 0.00174. The summed E-state index contributed by atoms with van der Waals surface area (Å²) in [6, 6.07) is 0. The Morgan fingerprint density at radius 2 is 1.69 bits per heavy atom. The lowest BCUT2D eigenvalue weighted by molar-refractivity contribution is -0.141. The lowest BCUT2D eigenvalue weighted by Crippen LogP contribution is -2.00. The molecule has 0 spiro atoms. The van der Waals surface area contributed by atoms with Gasteiger partial charge in [0, 0.05) is 13.3 Å². The molecule has 0 rings (SSSR count). The number of ether oxygens (including phenoxy) is 1. The van der Waals surface area contributed by atoms with Crippen LogP contribution in [0, 0.1) is 0 Å². The van der Waals surface area contributed by atoms with E-state index in [0.717, 1.165) is 37.7 Å². The summed E-state index contributed by atoms with van der Waals surface area (Å²) in [5.41, 5.74) is 1.14. The van der Waals surface area contributed by atoms with Gasteiger partial charge in [0.1, 0.15) is 5.78 Å². The van der Waals surface area contributed by atoms with Crippen LogP contribution in [0.1, 0.15) is 52.4 Å². The van der Waals surface area contributed by atoms with Crippen LogP contribution in [0.15, 0.2) is 12.2 Å². The van der Waals surface area contributed by atoms with Crippen molar-refractivity contribution in [1.82, 2.24) is 0 Å². The highest BCUT2D eigenvalue weighted by Crippen LogP contribution is 2.12. The zero-order valence-corrected chi connectivity index (χ0v) is 10.4. The fourth-order valence-corrected chi connectivity index (χ4v) is 1.35. The molecule has 0 aliphatic rings. The van der Waals surface area contributed by atoms with Crippen LogP contribution in [-0.4, -0.2) is 18.4 Å². The van der Waals surface area contributed by atoms with E-state index < -0.39 is 0 Å². The van der Waals surface area contributed by atoms with Gasteiger partial charge < -0.3 is 9.53 Å². The smallest absolute Gasteiger partial charge is 0.302 e. The second-order valence-electron chi connectivity index (χ2n) is 4.10. The molecule has 0 atom stereocenters. The maximum absolute atomic E-state index is 10.7. The molecule has 0 aromatic heterocycles. The zero-order chi connectivity index (χ0) is 12.4. The first kappa shape index (κ1) is 14.9. The van der Waals surface area contributed by atoms with Gasteiger partial charge in [-0.15, -0.1) is 0 Å². The molecular formula is C13H22O3. The molecule has 92 valence electrons. The molecule has 0 heterocycles. The van der Waals surface area contributed by atoms with Gasteiger partial charge in [-0.05, 0) is 39.0 Å². The molecule has 0 fully saturated rings. The molecule has 0 bridgehead atoms. The summed E-state index contributed by atoms with van der Waals surface area (Å²) in [6.07, 6.45) is 5.36. The molecule has 0 saturated carbocycles. The molecule has 0 saturated heterocycles. The summed E-state index contributed by atoms with van der Waals surface area (Å²) < 4.78 is 4.82. The number of hydrogen-bond donors (Lipinski definition) is 0. The van der Waals surface area contributed by atoms with E-state index in [-0.39, 0.29) is 11.8 Å². The Labute approximate surface area is 97.9 Å². The highest BCUT2D eigenvalue weighted by Gasteiger charge is 1.99. The number of carbonyl (C=O) groups is 2. The summed E-state index contributed by atoms with van der Waals surface area (Å²) in [6.45, 7) is 7.47. The van der Waals surface area contributed by atoms with Crippen molar-refractivity contribution in [3.05, 3.63) is 12.2 Å². The Morgan fingerprint density at radius 3 is 2.25 bits per heavy atom. The minimum Gasteiger partial charge on any atom is -0.466 e. The standard InChI is InChI=1S/C13H22O3/c1-11(8-9-12(2)14)7-5-4-6-10-16-13(3)15/h1,4-10H2,2-3H3. The molecule has 3 nitrogen and oxygen atoms in total. The Hall–Kier alpha value is -1.12. The summed E-state index contributed by atoms with van der Waals surface area (Å²) >= 11 is 0. The number of hydrogen-bond acceptors (Lipinski definition) is 3.